The van der Waals surface area contributed by atoms with Gasteiger partial charge in [-0.2, -0.15) is 5.26 Å². The highest BCUT2D eigenvalue weighted by molar-refractivity contribution is 5.26. The lowest BCUT2D eigenvalue weighted by Crippen LogP contribution is -2.17. The van der Waals surface area contributed by atoms with Crippen LogP contribution in [0.1, 0.15) is 35.7 Å². The first-order chi connectivity index (χ1) is 9.80. The molecule has 1 saturated carbocycles. The summed E-state index contributed by atoms with van der Waals surface area (Å²) in [4.78, 5) is 4.00. The molecule has 1 fully saturated rings. The Kier molecular flexibility index (Phi) is 3.53. The third kappa shape index (κ3) is 2.73. The number of nitriles is 1. The minimum absolute atomic E-state index is 0.473. The molecular weight excluding hydrogens is 248 g/mol. The van der Waals surface area contributed by atoms with E-state index in [0.717, 1.165) is 18.0 Å². The number of nitrogens with one attached hydrogen (secondary N) is 1. The fourth-order valence-electron chi connectivity index (χ4n) is 2.69. The van der Waals surface area contributed by atoms with Crippen molar-refractivity contribution in [3.05, 3.63) is 53.6 Å². The molecule has 3 rings (SSSR count). The molecule has 0 spiro atoms. The minimum atomic E-state index is 0.473. The van der Waals surface area contributed by atoms with Crippen LogP contribution in [0.3, 0.4) is 0 Å². The summed E-state index contributed by atoms with van der Waals surface area (Å²) in [5.41, 5.74) is 2.93. The quantitative estimate of drug-likeness (QED) is 0.904. The molecule has 0 aromatic carbocycles. The van der Waals surface area contributed by atoms with Crippen molar-refractivity contribution < 1.29 is 0 Å². The third-order valence-electron chi connectivity index (χ3n) is 3.84. The van der Waals surface area contributed by atoms with Crippen molar-refractivity contribution in [1.82, 2.24) is 14.9 Å². The van der Waals surface area contributed by atoms with Crippen molar-refractivity contribution in [3.63, 3.8) is 0 Å². The largest absolute Gasteiger partial charge is 0.350 e. The lowest BCUT2D eigenvalue weighted by atomic mass is 10.1. The molecule has 0 amide bonds. The Morgan fingerprint density at radius 3 is 3.05 bits per heavy atom. The molecule has 1 aliphatic carbocycles. The van der Waals surface area contributed by atoms with E-state index in [-0.39, 0.29) is 0 Å². The Labute approximate surface area is 119 Å². The van der Waals surface area contributed by atoms with Crippen LogP contribution in [0.25, 0.3) is 0 Å². The van der Waals surface area contributed by atoms with E-state index in [4.69, 9.17) is 5.26 Å². The third-order valence-corrected chi connectivity index (χ3v) is 3.84. The van der Waals surface area contributed by atoms with E-state index in [2.05, 4.69) is 39.4 Å². The molecule has 0 radical (unpaired) electrons. The predicted molar refractivity (Wildman–Crippen MR) is 77.0 cm³/mol. The molecule has 0 bridgehead atoms. The maximum absolute atomic E-state index is 8.88. The van der Waals surface area contributed by atoms with Crippen molar-refractivity contribution in [1.29, 1.82) is 5.26 Å². The Bertz CT molecular complexity index is 634. The monoisotopic (exact) mass is 266 g/mol. The first kappa shape index (κ1) is 12.9. The van der Waals surface area contributed by atoms with Gasteiger partial charge in [-0.1, -0.05) is 0 Å². The summed E-state index contributed by atoms with van der Waals surface area (Å²) in [5, 5.41) is 12.3. The molecule has 2 aromatic heterocycles. The molecule has 1 atom stereocenters. The molecule has 2 aromatic rings. The molecule has 0 aliphatic heterocycles. The lowest BCUT2D eigenvalue weighted by molar-refractivity contribution is 0.528. The summed E-state index contributed by atoms with van der Waals surface area (Å²) >= 11 is 0. The smallest absolute Gasteiger partial charge is 0.140 e. The second-order valence-corrected chi connectivity index (χ2v) is 5.38. The molecule has 102 valence electrons. The fourth-order valence-corrected chi connectivity index (χ4v) is 2.69. The van der Waals surface area contributed by atoms with Gasteiger partial charge in [0.25, 0.3) is 0 Å². The van der Waals surface area contributed by atoms with Crippen molar-refractivity contribution in [2.45, 2.75) is 25.4 Å². The lowest BCUT2D eigenvalue weighted by Gasteiger charge is -2.13. The minimum Gasteiger partial charge on any atom is -0.350 e. The second-order valence-electron chi connectivity index (χ2n) is 5.38. The first-order valence-corrected chi connectivity index (χ1v) is 6.98. The van der Waals surface area contributed by atoms with Crippen LogP contribution in [0, 0.1) is 17.2 Å². The van der Waals surface area contributed by atoms with Crippen LogP contribution in [0.5, 0.6) is 0 Å². The average molecular weight is 266 g/mol. The van der Waals surface area contributed by atoms with Gasteiger partial charge in [0.15, 0.2) is 0 Å². The van der Waals surface area contributed by atoms with Crippen LogP contribution in [0.2, 0.25) is 0 Å². The molecule has 0 saturated heterocycles. The van der Waals surface area contributed by atoms with Crippen molar-refractivity contribution in [2.24, 2.45) is 5.92 Å². The van der Waals surface area contributed by atoms with Gasteiger partial charge in [-0.25, -0.2) is 4.98 Å². The van der Waals surface area contributed by atoms with Crippen LogP contribution in [-0.4, -0.2) is 16.6 Å². The Balaban J connectivity index is 1.75. The van der Waals surface area contributed by atoms with E-state index in [0.29, 0.717) is 11.7 Å². The molecule has 4 nitrogen and oxygen atoms in total. The average Bonchev–Trinajstić information content (AvgIpc) is 3.20. The zero-order valence-electron chi connectivity index (χ0n) is 11.6. The van der Waals surface area contributed by atoms with Gasteiger partial charge >= 0.3 is 0 Å². The summed E-state index contributed by atoms with van der Waals surface area (Å²) in [6.07, 6.45) is 8.65. The van der Waals surface area contributed by atoms with Gasteiger partial charge in [0.2, 0.25) is 0 Å². The number of pyridine rings is 1. The van der Waals surface area contributed by atoms with Crippen molar-refractivity contribution >= 4 is 0 Å². The van der Waals surface area contributed by atoms with Gasteiger partial charge < -0.3 is 9.88 Å². The summed E-state index contributed by atoms with van der Waals surface area (Å²) in [7, 11) is 2.03. The first-order valence-electron chi connectivity index (χ1n) is 6.98. The van der Waals surface area contributed by atoms with Gasteiger partial charge in [-0.3, -0.25) is 0 Å². The van der Waals surface area contributed by atoms with E-state index in [1.165, 1.54) is 18.4 Å². The Morgan fingerprint density at radius 1 is 1.50 bits per heavy atom. The van der Waals surface area contributed by atoms with E-state index >= 15 is 0 Å². The number of rotatable bonds is 5. The predicted octanol–water partition coefficient (Wildman–Crippen LogP) is 2.47. The molecule has 20 heavy (non-hydrogen) atoms. The van der Waals surface area contributed by atoms with E-state index in [1.54, 1.807) is 6.20 Å². The topological polar surface area (TPSA) is 53.6 Å². The normalized spacial score (nSPS) is 15.8. The van der Waals surface area contributed by atoms with Gasteiger partial charge in [-0.05, 0) is 55.1 Å². The van der Waals surface area contributed by atoms with Gasteiger partial charge in [0.1, 0.15) is 11.8 Å². The van der Waals surface area contributed by atoms with E-state index < -0.39 is 0 Å². The standard InChI is InChI=1S/C16H18N4/c1-18-16(13-2-3-13)14-5-7-20(11-14)10-12-4-6-19-15(8-12)9-17/h4-8,11,13,16,18H,2-3,10H2,1H3. The van der Waals surface area contributed by atoms with Crippen molar-refractivity contribution in [3.8, 4) is 6.07 Å². The highest BCUT2D eigenvalue weighted by atomic mass is 15.0. The fraction of sp³-hybridized carbons (Fsp3) is 0.375. The zero-order valence-corrected chi connectivity index (χ0v) is 11.6. The van der Waals surface area contributed by atoms with E-state index in [1.807, 2.05) is 19.2 Å². The van der Waals surface area contributed by atoms with Gasteiger partial charge in [0, 0.05) is 31.2 Å². The SMILES string of the molecule is CNC(c1ccn(Cc2ccnc(C#N)c2)c1)C1CC1. The van der Waals surface area contributed by atoms with Crippen LogP contribution >= 0.6 is 0 Å². The van der Waals surface area contributed by atoms with Gasteiger partial charge in [0.05, 0.1) is 0 Å². The molecule has 2 heterocycles. The molecule has 1 N–H and O–H groups in total. The summed E-state index contributed by atoms with van der Waals surface area (Å²) < 4.78 is 2.17. The van der Waals surface area contributed by atoms with Gasteiger partial charge in [-0.15, -0.1) is 0 Å². The molecular formula is C16H18N4. The highest BCUT2D eigenvalue weighted by Crippen LogP contribution is 2.40. The number of hydrogen-bond donors (Lipinski definition) is 1. The number of nitrogens with zero attached hydrogens (tertiary/aromatic N) is 3. The summed E-state index contributed by atoms with van der Waals surface area (Å²) in [5.74, 6) is 0.793. The summed E-state index contributed by atoms with van der Waals surface area (Å²) in [6, 6.07) is 8.54. The highest BCUT2D eigenvalue weighted by Gasteiger charge is 2.31. The van der Waals surface area contributed by atoms with Crippen LogP contribution in [-0.2, 0) is 6.54 Å². The molecule has 1 aliphatic rings. The molecule has 4 heteroatoms. The van der Waals surface area contributed by atoms with Crippen molar-refractivity contribution in [2.75, 3.05) is 7.05 Å². The summed E-state index contributed by atoms with van der Waals surface area (Å²) in [6.45, 7) is 0.776. The van der Waals surface area contributed by atoms with E-state index in [9.17, 15) is 0 Å². The Hall–Kier alpha value is -2.12. The van der Waals surface area contributed by atoms with Crippen LogP contribution < -0.4 is 5.32 Å². The maximum atomic E-state index is 8.88. The van der Waals surface area contributed by atoms with Crippen LogP contribution in [0.4, 0.5) is 0 Å². The Morgan fingerprint density at radius 2 is 2.35 bits per heavy atom. The maximum Gasteiger partial charge on any atom is 0.140 e. The zero-order chi connectivity index (χ0) is 13.9. The molecule has 1 unspecified atom stereocenters. The second kappa shape index (κ2) is 5.48. The number of hydrogen-bond acceptors (Lipinski definition) is 3. The number of aromatic nitrogens is 2. The van der Waals surface area contributed by atoms with Crippen LogP contribution in [0.15, 0.2) is 36.8 Å².